The molecule has 3 aromatic rings. The molecule has 0 spiro atoms. The molecule has 0 saturated carbocycles. The molecule has 3 atom stereocenters. The molecule has 2 aliphatic rings. The summed E-state index contributed by atoms with van der Waals surface area (Å²) in [5.41, 5.74) is 4.64. The van der Waals surface area contributed by atoms with Crippen LogP contribution in [0.5, 0.6) is 5.75 Å². The predicted octanol–water partition coefficient (Wildman–Crippen LogP) is 5.91. The molecule has 0 N–H and O–H groups in total. The van der Waals surface area contributed by atoms with Crippen molar-refractivity contribution < 1.29 is 9.53 Å². The van der Waals surface area contributed by atoms with Gasteiger partial charge in [0.1, 0.15) is 11.9 Å². The van der Waals surface area contributed by atoms with Crippen LogP contribution in [0, 0.1) is 6.92 Å². The Morgan fingerprint density at radius 2 is 1.81 bits per heavy atom. The monoisotopic (exact) mass is 414 g/mol. The van der Waals surface area contributed by atoms with E-state index in [0.29, 0.717) is 24.4 Å². The summed E-state index contributed by atoms with van der Waals surface area (Å²) in [5, 5.41) is 1.17. The number of ether oxygens (including phenoxy) is 1. The summed E-state index contributed by atoms with van der Waals surface area (Å²) in [7, 11) is 0. The number of piperidine rings is 2. The third-order valence-corrected chi connectivity index (χ3v) is 7.02. The van der Waals surface area contributed by atoms with Crippen molar-refractivity contribution in [1.29, 1.82) is 0 Å². The highest BCUT2D eigenvalue weighted by Crippen LogP contribution is 2.37. The zero-order chi connectivity index (χ0) is 21.4. The third kappa shape index (κ3) is 3.80. The number of hydrogen-bond donors (Lipinski definition) is 0. The lowest BCUT2D eigenvalue weighted by atomic mass is 9.82. The van der Waals surface area contributed by atoms with Gasteiger partial charge in [0.25, 0.3) is 0 Å². The number of aromatic nitrogens is 1. The van der Waals surface area contributed by atoms with E-state index in [0.717, 1.165) is 36.9 Å². The van der Waals surface area contributed by atoms with Gasteiger partial charge in [-0.25, -0.2) is 0 Å². The minimum atomic E-state index is 0.189. The van der Waals surface area contributed by atoms with E-state index < -0.39 is 0 Å². The Labute approximate surface area is 184 Å². The molecule has 2 saturated heterocycles. The number of fused-ring (bicyclic) bond motifs is 3. The largest absolute Gasteiger partial charge is 0.490 e. The van der Waals surface area contributed by atoms with E-state index in [4.69, 9.17) is 4.74 Å². The van der Waals surface area contributed by atoms with Crippen LogP contribution in [-0.4, -0.2) is 34.0 Å². The summed E-state index contributed by atoms with van der Waals surface area (Å²) >= 11 is 0. The fourth-order valence-corrected chi connectivity index (χ4v) is 5.53. The van der Waals surface area contributed by atoms with Crippen LogP contribution in [0.3, 0.4) is 0 Å². The van der Waals surface area contributed by atoms with Crippen LogP contribution in [0.15, 0.2) is 54.7 Å². The highest BCUT2D eigenvalue weighted by molar-refractivity contribution is 5.88. The highest BCUT2D eigenvalue weighted by atomic mass is 16.5. The lowest BCUT2D eigenvalue weighted by Gasteiger charge is -2.48. The van der Waals surface area contributed by atoms with Crippen molar-refractivity contribution in [1.82, 2.24) is 9.88 Å². The van der Waals surface area contributed by atoms with Gasteiger partial charge in [-0.05, 0) is 61.1 Å². The van der Waals surface area contributed by atoms with Crippen LogP contribution >= 0.6 is 0 Å². The van der Waals surface area contributed by atoms with E-state index in [2.05, 4.69) is 59.3 Å². The van der Waals surface area contributed by atoms with Crippen LogP contribution in [0.25, 0.3) is 22.0 Å². The molecule has 4 nitrogen and oxygen atoms in total. The normalized spacial score (nSPS) is 23.0. The van der Waals surface area contributed by atoms with Gasteiger partial charge in [0, 0.05) is 42.9 Å². The predicted molar refractivity (Wildman–Crippen MR) is 124 cm³/mol. The first-order chi connectivity index (χ1) is 15.1. The van der Waals surface area contributed by atoms with Crippen molar-refractivity contribution in [2.45, 2.75) is 70.6 Å². The van der Waals surface area contributed by atoms with Crippen molar-refractivity contribution in [2.75, 3.05) is 0 Å². The number of benzene rings is 2. The Hall–Kier alpha value is -2.88. The molecule has 1 aromatic heterocycles. The fraction of sp³-hybridized carbons (Fsp3) is 0.407. The Bertz CT molecular complexity index is 1080. The van der Waals surface area contributed by atoms with Gasteiger partial charge >= 0.3 is 0 Å². The summed E-state index contributed by atoms with van der Waals surface area (Å²) in [6.07, 6.45) is 7.97. The van der Waals surface area contributed by atoms with Gasteiger partial charge in [-0.3, -0.25) is 9.78 Å². The SMILES string of the molecule is CCC(=O)N1[C@@H]2CCC[C@H]1CC(Oc1ccc(-c3ccc4cccnc4c3C)cc1)C2. The smallest absolute Gasteiger partial charge is 0.222 e. The van der Waals surface area contributed by atoms with Crippen molar-refractivity contribution in [3.63, 3.8) is 0 Å². The van der Waals surface area contributed by atoms with E-state index in [1.807, 2.05) is 19.2 Å². The maximum absolute atomic E-state index is 12.4. The van der Waals surface area contributed by atoms with E-state index in [9.17, 15) is 4.79 Å². The van der Waals surface area contributed by atoms with Gasteiger partial charge < -0.3 is 9.64 Å². The number of amides is 1. The third-order valence-electron chi connectivity index (χ3n) is 7.02. The molecular weight excluding hydrogens is 384 g/mol. The molecule has 4 heteroatoms. The molecule has 2 aliphatic heterocycles. The maximum atomic E-state index is 12.4. The van der Waals surface area contributed by atoms with Crippen molar-refractivity contribution in [2.24, 2.45) is 0 Å². The Kier molecular flexibility index (Phi) is 5.39. The standard InChI is InChI=1S/C27H30N2O2/c1-3-26(30)29-21-7-4-8-22(29)17-24(16-21)31-23-12-9-19(10-13-23)25-14-11-20-6-5-15-28-27(20)18(25)2/h5-6,9-15,21-22,24H,3-4,7-8,16-17H2,1-2H3/t21-,22+,24?. The lowest BCUT2D eigenvalue weighted by Crippen LogP contribution is -2.56. The number of aryl methyl sites for hydroxylation is 1. The van der Waals surface area contributed by atoms with Crippen molar-refractivity contribution >= 4 is 16.8 Å². The maximum Gasteiger partial charge on any atom is 0.222 e. The van der Waals surface area contributed by atoms with Crippen LogP contribution in [-0.2, 0) is 4.79 Å². The number of carbonyl (C=O) groups is 1. The van der Waals surface area contributed by atoms with Gasteiger partial charge in [0.15, 0.2) is 0 Å². The van der Waals surface area contributed by atoms with Gasteiger partial charge in [-0.15, -0.1) is 0 Å². The van der Waals surface area contributed by atoms with E-state index in [-0.39, 0.29) is 6.10 Å². The minimum absolute atomic E-state index is 0.189. The first-order valence-electron chi connectivity index (χ1n) is 11.6. The molecule has 2 fully saturated rings. The van der Waals surface area contributed by atoms with Gasteiger partial charge in [-0.1, -0.05) is 37.3 Å². The molecule has 5 rings (SSSR count). The van der Waals surface area contributed by atoms with E-state index in [1.165, 1.54) is 28.5 Å². The molecule has 3 heterocycles. The quantitative estimate of drug-likeness (QED) is 0.533. The van der Waals surface area contributed by atoms with Crippen LogP contribution in [0.2, 0.25) is 0 Å². The second-order valence-corrected chi connectivity index (χ2v) is 8.94. The van der Waals surface area contributed by atoms with E-state index in [1.54, 1.807) is 0 Å². The Morgan fingerprint density at radius 3 is 2.52 bits per heavy atom. The summed E-state index contributed by atoms with van der Waals surface area (Å²) < 4.78 is 6.39. The molecule has 0 radical (unpaired) electrons. The zero-order valence-electron chi connectivity index (χ0n) is 18.4. The van der Waals surface area contributed by atoms with Gasteiger partial charge in [0.2, 0.25) is 5.91 Å². The molecule has 0 aliphatic carbocycles. The van der Waals surface area contributed by atoms with Crippen LogP contribution in [0.1, 0.15) is 51.0 Å². The number of hydrogen-bond acceptors (Lipinski definition) is 3. The summed E-state index contributed by atoms with van der Waals surface area (Å²) in [4.78, 5) is 19.1. The fourth-order valence-electron chi connectivity index (χ4n) is 5.53. The topological polar surface area (TPSA) is 42.4 Å². The second-order valence-electron chi connectivity index (χ2n) is 8.94. The van der Waals surface area contributed by atoms with Gasteiger partial charge in [0.05, 0.1) is 5.52 Å². The lowest BCUT2D eigenvalue weighted by molar-refractivity contribution is -0.143. The Morgan fingerprint density at radius 1 is 1.06 bits per heavy atom. The van der Waals surface area contributed by atoms with Crippen molar-refractivity contribution in [3.05, 3.63) is 60.3 Å². The van der Waals surface area contributed by atoms with Crippen LogP contribution < -0.4 is 4.74 Å². The second kappa shape index (κ2) is 8.33. The summed E-state index contributed by atoms with van der Waals surface area (Å²) in [6, 6.07) is 17.5. The van der Waals surface area contributed by atoms with E-state index >= 15 is 0 Å². The summed E-state index contributed by atoms with van der Waals surface area (Å²) in [6.45, 7) is 4.11. The minimum Gasteiger partial charge on any atom is -0.490 e. The molecule has 160 valence electrons. The number of pyridine rings is 1. The zero-order valence-corrected chi connectivity index (χ0v) is 18.4. The highest BCUT2D eigenvalue weighted by Gasteiger charge is 2.41. The molecule has 1 unspecified atom stereocenters. The summed E-state index contributed by atoms with van der Waals surface area (Å²) in [5.74, 6) is 1.22. The molecule has 2 aromatic carbocycles. The molecular formula is C27H30N2O2. The van der Waals surface area contributed by atoms with Crippen LogP contribution in [0.4, 0.5) is 0 Å². The Balaban J connectivity index is 1.31. The first-order valence-corrected chi connectivity index (χ1v) is 11.6. The molecule has 2 bridgehead atoms. The average molecular weight is 415 g/mol. The number of rotatable bonds is 4. The molecule has 1 amide bonds. The average Bonchev–Trinajstić information content (AvgIpc) is 2.79. The number of carbonyl (C=O) groups excluding carboxylic acids is 1. The first kappa shape index (κ1) is 20.0. The molecule has 31 heavy (non-hydrogen) atoms. The van der Waals surface area contributed by atoms with Crippen molar-refractivity contribution in [3.8, 4) is 16.9 Å². The van der Waals surface area contributed by atoms with Gasteiger partial charge in [-0.2, -0.15) is 0 Å². The number of nitrogens with zero attached hydrogens (tertiary/aromatic N) is 2.